The zero-order valence-corrected chi connectivity index (χ0v) is 13.9. The maximum absolute atomic E-state index is 5.62. The number of anilines is 1. The monoisotopic (exact) mass is 289 g/mol. The van der Waals surface area contributed by atoms with Crippen molar-refractivity contribution in [2.75, 3.05) is 37.6 Å². The van der Waals surface area contributed by atoms with Crippen molar-refractivity contribution >= 4 is 5.69 Å². The lowest BCUT2D eigenvalue weighted by molar-refractivity contribution is 0.578. The van der Waals surface area contributed by atoms with E-state index in [1.165, 1.54) is 23.2 Å². The number of piperazine rings is 1. The smallest absolute Gasteiger partial charge is 0.0372 e. The summed E-state index contributed by atoms with van der Waals surface area (Å²) < 4.78 is 0. The highest BCUT2D eigenvalue weighted by Crippen LogP contribution is 2.29. The summed E-state index contributed by atoms with van der Waals surface area (Å²) in [5.41, 5.74) is 10.1. The molecule has 0 atom stereocenters. The number of nitrogens with two attached hydrogens (primary N) is 1. The molecular weight excluding hydrogens is 258 g/mol. The number of nitrogens with one attached hydrogen (secondary N) is 1. The molecule has 3 N–H and O–H groups in total. The summed E-state index contributed by atoms with van der Waals surface area (Å²) in [7, 11) is 0. The summed E-state index contributed by atoms with van der Waals surface area (Å²) in [5.74, 6) is 0. The van der Waals surface area contributed by atoms with Gasteiger partial charge in [0.25, 0.3) is 0 Å². The van der Waals surface area contributed by atoms with Crippen LogP contribution in [0.25, 0.3) is 0 Å². The van der Waals surface area contributed by atoms with E-state index < -0.39 is 0 Å². The number of aryl methyl sites for hydroxylation is 1. The van der Waals surface area contributed by atoms with E-state index in [-0.39, 0.29) is 5.41 Å². The Kier molecular flexibility index (Phi) is 5.65. The van der Waals surface area contributed by atoms with Crippen molar-refractivity contribution in [2.45, 2.75) is 45.4 Å². The van der Waals surface area contributed by atoms with Crippen molar-refractivity contribution in [2.24, 2.45) is 5.73 Å². The molecule has 1 aliphatic rings. The minimum absolute atomic E-state index is 0.201. The van der Waals surface area contributed by atoms with Gasteiger partial charge in [-0.15, -0.1) is 0 Å². The number of benzene rings is 1. The van der Waals surface area contributed by atoms with Crippen molar-refractivity contribution in [3.05, 3.63) is 29.3 Å². The molecule has 1 saturated heterocycles. The van der Waals surface area contributed by atoms with Gasteiger partial charge in [-0.2, -0.15) is 0 Å². The Labute approximate surface area is 129 Å². The van der Waals surface area contributed by atoms with Gasteiger partial charge in [-0.3, -0.25) is 0 Å². The van der Waals surface area contributed by atoms with E-state index in [0.717, 1.165) is 45.6 Å². The van der Waals surface area contributed by atoms with Crippen LogP contribution in [-0.4, -0.2) is 32.7 Å². The summed E-state index contributed by atoms with van der Waals surface area (Å²) in [6.45, 7) is 12.1. The molecule has 1 fully saturated rings. The molecule has 3 heteroatoms. The van der Waals surface area contributed by atoms with Crippen LogP contribution in [0.1, 0.15) is 44.7 Å². The third-order valence-corrected chi connectivity index (χ3v) is 4.25. The van der Waals surface area contributed by atoms with Gasteiger partial charge in [0.2, 0.25) is 0 Å². The lowest BCUT2D eigenvalue weighted by Crippen LogP contribution is -2.43. The molecule has 0 radical (unpaired) electrons. The first-order valence-electron chi connectivity index (χ1n) is 8.31. The molecule has 0 unspecified atom stereocenters. The third kappa shape index (κ3) is 4.72. The molecule has 1 aromatic rings. The Morgan fingerprint density at radius 1 is 1.10 bits per heavy atom. The van der Waals surface area contributed by atoms with Crippen molar-refractivity contribution < 1.29 is 0 Å². The van der Waals surface area contributed by atoms with Crippen LogP contribution < -0.4 is 16.0 Å². The van der Waals surface area contributed by atoms with Gasteiger partial charge in [-0.25, -0.2) is 0 Å². The van der Waals surface area contributed by atoms with Gasteiger partial charge in [0.1, 0.15) is 0 Å². The molecule has 0 spiro atoms. The fourth-order valence-corrected chi connectivity index (χ4v) is 2.83. The fourth-order valence-electron chi connectivity index (χ4n) is 2.83. The van der Waals surface area contributed by atoms with Gasteiger partial charge in [0.05, 0.1) is 0 Å². The predicted octanol–water partition coefficient (Wildman–Crippen LogP) is 2.68. The Balaban J connectivity index is 2.23. The van der Waals surface area contributed by atoms with Gasteiger partial charge in [0.15, 0.2) is 0 Å². The minimum atomic E-state index is 0.201. The van der Waals surface area contributed by atoms with Gasteiger partial charge in [-0.05, 0) is 54.5 Å². The Hall–Kier alpha value is -1.06. The molecule has 1 heterocycles. The summed E-state index contributed by atoms with van der Waals surface area (Å²) in [4.78, 5) is 2.51. The Bertz CT molecular complexity index is 442. The Morgan fingerprint density at radius 2 is 1.81 bits per heavy atom. The van der Waals surface area contributed by atoms with Crippen LogP contribution in [0.15, 0.2) is 18.2 Å². The normalized spacial score (nSPS) is 16.3. The van der Waals surface area contributed by atoms with E-state index in [9.17, 15) is 0 Å². The molecule has 1 aliphatic heterocycles. The van der Waals surface area contributed by atoms with Gasteiger partial charge < -0.3 is 16.0 Å². The molecule has 0 bridgehead atoms. The van der Waals surface area contributed by atoms with Crippen LogP contribution in [0, 0.1) is 0 Å². The molecule has 0 saturated carbocycles. The number of unbranched alkanes of at least 4 members (excludes halogenated alkanes) is 1. The van der Waals surface area contributed by atoms with Crippen molar-refractivity contribution in [3.63, 3.8) is 0 Å². The second-order valence-electron chi connectivity index (χ2n) is 7.12. The molecule has 118 valence electrons. The lowest BCUT2D eigenvalue weighted by atomic mass is 9.85. The summed E-state index contributed by atoms with van der Waals surface area (Å²) in [6, 6.07) is 7.16. The number of hydrogen-bond donors (Lipinski definition) is 2. The summed E-state index contributed by atoms with van der Waals surface area (Å²) in [5, 5.41) is 3.43. The molecular formula is C18H31N3. The maximum Gasteiger partial charge on any atom is 0.0372 e. The summed E-state index contributed by atoms with van der Waals surface area (Å²) in [6.07, 6.45) is 3.44. The van der Waals surface area contributed by atoms with Crippen molar-refractivity contribution in [3.8, 4) is 0 Å². The van der Waals surface area contributed by atoms with Crippen LogP contribution in [0.3, 0.4) is 0 Å². The van der Waals surface area contributed by atoms with Crippen molar-refractivity contribution in [1.82, 2.24) is 5.32 Å². The second kappa shape index (κ2) is 7.28. The molecule has 0 amide bonds. The van der Waals surface area contributed by atoms with Crippen LogP contribution >= 0.6 is 0 Å². The van der Waals surface area contributed by atoms with E-state index in [0.29, 0.717) is 0 Å². The molecule has 0 aliphatic carbocycles. The van der Waals surface area contributed by atoms with E-state index in [1.807, 2.05) is 0 Å². The zero-order chi connectivity index (χ0) is 15.3. The minimum Gasteiger partial charge on any atom is -0.369 e. The van der Waals surface area contributed by atoms with Crippen LogP contribution in [-0.2, 0) is 11.8 Å². The van der Waals surface area contributed by atoms with E-state index in [4.69, 9.17) is 5.73 Å². The second-order valence-corrected chi connectivity index (χ2v) is 7.12. The molecule has 21 heavy (non-hydrogen) atoms. The first-order chi connectivity index (χ1) is 10.0. The lowest BCUT2D eigenvalue weighted by Gasteiger charge is -2.31. The van der Waals surface area contributed by atoms with Gasteiger partial charge in [-0.1, -0.05) is 26.8 Å². The first-order valence-corrected chi connectivity index (χ1v) is 8.31. The fraction of sp³-hybridized carbons (Fsp3) is 0.667. The average Bonchev–Trinajstić information content (AvgIpc) is 2.47. The van der Waals surface area contributed by atoms with Crippen LogP contribution in [0.4, 0.5) is 5.69 Å². The third-order valence-electron chi connectivity index (χ3n) is 4.25. The predicted molar refractivity (Wildman–Crippen MR) is 92.2 cm³/mol. The number of rotatable bonds is 5. The van der Waals surface area contributed by atoms with Gasteiger partial charge in [0, 0.05) is 31.9 Å². The van der Waals surface area contributed by atoms with Crippen LogP contribution in [0.5, 0.6) is 0 Å². The average molecular weight is 289 g/mol. The highest BCUT2D eigenvalue weighted by molar-refractivity contribution is 5.53. The van der Waals surface area contributed by atoms with E-state index >= 15 is 0 Å². The molecule has 2 rings (SSSR count). The molecule has 3 nitrogen and oxygen atoms in total. The quantitative estimate of drug-likeness (QED) is 0.819. The van der Waals surface area contributed by atoms with Crippen LogP contribution in [0.2, 0.25) is 0 Å². The number of hydrogen-bond acceptors (Lipinski definition) is 3. The number of nitrogens with zero attached hydrogens (tertiary/aromatic N) is 1. The van der Waals surface area contributed by atoms with E-state index in [1.54, 1.807) is 0 Å². The molecule has 0 aromatic heterocycles. The van der Waals surface area contributed by atoms with Crippen molar-refractivity contribution in [1.29, 1.82) is 0 Å². The summed E-state index contributed by atoms with van der Waals surface area (Å²) >= 11 is 0. The van der Waals surface area contributed by atoms with Gasteiger partial charge >= 0.3 is 0 Å². The topological polar surface area (TPSA) is 41.3 Å². The first kappa shape index (κ1) is 16.3. The Morgan fingerprint density at radius 3 is 2.43 bits per heavy atom. The largest absolute Gasteiger partial charge is 0.369 e. The standard InChI is InChI=1S/C18H31N3/c1-18(2,3)16-12-15(6-4-5-7-19)13-17(14-16)21-10-8-20-9-11-21/h12-14,20H,4-11,19H2,1-3H3. The zero-order valence-electron chi connectivity index (χ0n) is 13.9. The highest BCUT2D eigenvalue weighted by atomic mass is 15.2. The maximum atomic E-state index is 5.62. The van der Waals surface area contributed by atoms with E-state index in [2.05, 4.69) is 49.2 Å². The highest BCUT2D eigenvalue weighted by Gasteiger charge is 2.18. The molecule has 1 aromatic carbocycles. The SMILES string of the molecule is CC(C)(C)c1cc(CCCCN)cc(N2CCNCC2)c1.